The first-order chi connectivity index (χ1) is 5.74. The molecule has 12 heavy (non-hydrogen) atoms. The lowest BCUT2D eigenvalue weighted by molar-refractivity contribution is -0.123. The highest BCUT2D eigenvalue weighted by Gasteiger charge is 2.22. The van der Waals surface area contributed by atoms with Gasteiger partial charge in [-0.3, -0.25) is 14.5 Å². The van der Waals surface area contributed by atoms with Crippen molar-refractivity contribution in [3.63, 3.8) is 0 Å². The number of carbonyl (C=O) groups is 1. The van der Waals surface area contributed by atoms with E-state index >= 15 is 0 Å². The maximum Gasteiger partial charge on any atom is 0.220 e. The Bertz CT molecular complexity index is 174. The molecular formula is C8H13N2O2. The summed E-state index contributed by atoms with van der Waals surface area (Å²) in [5.41, 5.74) is 5.15. The number of carbonyl (C=O) groups excluding carboxylic acids is 2. The lowest BCUT2D eigenvalue weighted by atomic mass is 9.96. The molecule has 1 fully saturated rings. The van der Waals surface area contributed by atoms with E-state index in [1.165, 1.54) is 0 Å². The van der Waals surface area contributed by atoms with Crippen molar-refractivity contribution >= 4 is 12.2 Å². The summed E-state index contributed by atoms with van der Waals surface area (Å²) in [5, 5.41) is 0. The van der Waals surface area contributed by atoms with Crippen LogP contribution in [0.25, 0.3) is 0 Å². The topological polar surface area (TPSA) is 63.4 Å². The summed E-state index contributed by atoms with van der Waals surface area (Å²) >= 11 is 0. The van der Waals surface area contributed by atoms with Gasteiger partial charge in [0.1, 0.15) is 0 Å². The van der Waals surface area contributed by atoms with Gasteiger partial charge in [0.15, 0.2) is 0 Å². The largest absolute Gasteiger partial charge is 0.369 e. The molecule has 0 spiro atoms. The van der Waals surface area contributed by atoms with Gasteiger partial charge >= 0.3 is 0 Å². The summed E-state index contributed by atoms with van der Waals surface area (Å²) in [7, 11) is 0. The van der Waals surface area contributed by atoms with Crippen molar-refractivity contribution in [2.45, 2.75) is 12.8 Å². The van der Waals surface area contributed by atoms with Crippen LogP contribution in [0.15, 0.2) is 0 Å². The van der Waals surface area contributed by atoms with Crippen molar-refractivity contribution in [3.8, 4) is 0 Å². The average Bonchev–Trinajstić information content (AvgIpc) is 2.06. The van der Waals surface area contributed by atoms with E-state index in [2.05, 4.69) is 0 Å². The number of amides is 1. The van der Waals surface area contributed by atoms with E-state index in [-0.39, 0.29) is 11.8 Å². The third kappa shape index (κ3) is 2.30. The van der Waals surface area contributed by atoms with Gasteiger partial charge in [0.25, 0.3) is 0 Å². The molecule has 2 N–H and O–H groups in total. The second-order valence-corrected chi connectivity index (χ2v) is 3.10. The number of nitrogens with two attached hydrogens (primary N) is 1. The summed E-state index contributed by atoms with van der Waals surface area (Å²) in [5.74, 6) is -0.211. The van der Waals surface area contributed by atoms with Crippen LogP contribution < -0.4 is 5.73 Å². The van der Waals surface area contributed by atoms with Crippen molar-refractivity contribution in [2.75, 3.05) is 19.6 Å². The normalized spacial score (nSPS) is 20.7. The van der Waals surface area contributed by atoms with E-state index in [9.17, 15) is 9.59 Å². The summed E-state index contributed by atoms with van der Waals surface area (Å²) in [4.78, 5) is 22.8. The Morgan fingerprint density at radius 1 is 1.50 bits per heavy atom. The van der Waals surface area contributed by atoms with Gasteiger partial charge < -0.3 is 5.73 Å². The van der Waals surface area contributed by atoms with Crippen LogP contribution in [-0.2, 0) is 9.59 Å². The maximum atomic E-state index is 10.7. The highest BCUT2D eigenvalue weighted by Crippen LogP contribution is 2.15. The molecule has 0 aromatic carbocycles. The molecule has 0 aromatic heterocycles. The number of rotatable bonds is 3. The van der Waals surface area contributed by atoms with Gasteiger partial charge in [-0.05, 0) is 25.9 Å². The van der Waals surface area contributed by atoms with Gasteiger partial charge in [-0.1, -0.05) is 0 Å². The quantitative estimate of drug-likeness (QED) is 0.607. The third-order valence-electron chi connectivity index (χ3n) is 2.28. The number of piperidine rings is 1. The van der Waals surface area contributed by atoms with Crippen LogP contribution in [0, 0.1) is 5.92 Å². The molecule has 1 radical (unpaired) electrons. The zero-order valence-electron chi connectivity index (χ0n) is 6.95. The van der Waals surface area contributed by atoms with E-state index in [4.69, 9.17) is 5.73 Å². The predicted octanol–water partition coefficient (Wildman–Crippen LogP) is -0.707. The molecule has 0 unspecified atom stereocenters. The number of hydrogen-bond donors (Lipinski definition) is 1. The van der Waals surface area contributed by atoms with Gasteiger partial charge in [0, 0.05) is 5.92 Å². The number of hydrogen-bond acceptors (Lipinski definition) is 3. The summed E-state index contributed by atoms with van der Waals surface area (Å²) < 4.78 is 0. The maximum absolute atomic E-state index is 10.7. The molecule has 1 amide bonds. The average molecular weight is 169 g/mol. The molecule has 0 atom stereocenters. The third-order valence-corrected chi connectivity index (χ3v) is 2.28. The van der Waals surface area contributed by atoms with Crippen LogP contribution >= 0.6 is 0 Å². The van der Waals surface area contributed by atoms with Crippen LogP contribution in [0.1, 0.15) is 12.8 Å². The molecule has 1 rings (SSSR count). The summed E-state index contributed by atoms with van der Waals surface area (Å²) in [6, 6.07) is 0. The Morgan fingerprint density at radius 2 is 2.08 bits per heavy atom. The van der Waals surface area contributed by atoms with Crippen molar-refractivity contribution in [2.24, 2.45) is 11.7 Å². The molecule has 67 valence electrons. The van der Waals surface area contributed by atoms with Gasteiger partial charge in [0.05, 0.1) is 6.54 Å². The fraction of sp³-hybridized carbons (Fsp3) is 0.750. The van der Waals surface area contributed by atoms with Crippen molar-refractivity contribution in [1.82, 2.24) is 4.90 Å². The second-order valence-electron chi connectivity index (χ2n) is 3.10. The second kappa shape index (κ2) is 4.21. The van der Waals surface area contributed by atoms with E-state index in [1.54, 1.807) is 0 Å². The SMILES string of the molecule is NC(=O)C1CCN(C[C]=O)CC1. The lowest BCUT2D eigenvalue weighted by Gasteiger charge is -2.28. The molecule has 1 heterocycles. The zero-order chi connectivity index (χ0) is 8.97. The Hall–Kier alpha value is -0.900. The predicted molar refractivity (Wildman–Crippen MR) is 44.1 cm³/mol. The number of likely N-dealkylation sites (tertiary alicyclic amines) is 1. The van der Waals surface area contributed by atoms with Crippen LogP contribution in [0.2, 0.25) is 0 Å². The van der Waals surface area contributed by atoms with Gasteiger partial charge in [0.2, 0.25) is 12.2 Å². The van der Waals surface area contributed by atoms with E-state index < -0.39 is 0 Å². The first-order valence-electron chi connectivity index (χ1n) is 4.10. The molecule has 4 nitrogen and oxygen atoms in total. The van der Waals surface area contributed by atoms with E-state index in [0.29, 0.717) is 6.54 Å². The molecular weight excluding hydrogens is 156 g/mol. The standard InChI is InChI=1S/C8H13N2O2/c9-8(12)7-1-3-10(4-2-7)5-6-11/h7H,1-5H2,(H2,9,12). The number of nitrogens with zero attached hydrogens (tertiary/aromatic N) is 1. The Kier molecular flexibility index (Phi) is 3.22. The van der Waals surface area contributed by atoms with Crippen LogP contribution in [0.5, 0.6) is 0 Å². The first kappa shape index (κ1) is 9.19. The smallest absolute Gasteiger partial charge is 0.220 e. The van der Waals surface area contributed by atoms with E-state index in [0.717, 1.165) is 25.9 Å². The molecule has 4 heteroatoms. The van der Waals surface area contributed by atoms with Crippen LogP contribution in [0.4, 0.5) is 0 Å². The van der Waals surface area contributed by atoms with Crippen LogP contribution in [-0.4, -0.2) is 36.7 Å². The molecule has 0 aliphatic carbocycles. The summed E-state index contributed by atoms with van der Waals surface area (Å²) in [6.45, 7) is 1.91. The molecule has 1 aliphatic heterocycles. The van der Waals surface area contributed by atoms with Crippen molar-refractivity contribution in [3.05, 3.63) is 0 Å². The first-order valence-corrected chi connectivity index (χ1v) is 4.10. The molecule has 0 aromatic rings. The van der Waals surface area contributed by atoms with Gasteiger partial charge in [-0.15, -0.1) is 0 Å². The van der Waals surface area contributed by atoms with E-state index in [1.807, 2.05) is 11.2 Å². The minimum Gasteiger partial charge on any atom is -0.369 e. The Labute approximate surface area is 71.7 Å². The van der Waals surface area contributed by atoms with Crippen molar-refractivity contribution in [1.29, 1.82) is 0 Å². The number of primary amides is 1. The molecule has 1 aliphatic rings. The summed E-state index contributed by atoms with van der Waals surface area (Å²) in [6.07, 6.45) is 3.39. The molecule has 0 saturated carbocycles. The zero-order valence-corrected chi connectivity index (χ0v) is 6.95. The van der Waals surface area contributed by atoms with Gasteiger partial charge in [-0.2, -0.15) is 0 Å². The Morgan fingerprint density at radius 3 is 2.50 bits per heavy atom. The highest BCUT2D eigenvalue weighted by molar-refractivity contribution is 5.76. The fourth-order valence-electron chi connectivity index (χ4n) is 1.47. The Balaban J connectivity index is 2.29. The minimum absolute atomic E-state index is 0.00732. The molecule has 0 bridgehead atoms. The highest BCUT2D eigenvalue weighted by atomic mass is 16.1. The minimum atomic E-state index is -0.218. The monoisotopic (exact) mass is 169 g/mol. The lowest BCUT2D eigenvalue weighted by Crippen LogP contribution is -2.39. The van der Waals surface area contributed by atoms with Crippen molar-refractivity contribution < 1.29 is 9.59 Å². The van der Waals surface area contributed by atoms with Gasteiger partial charge in [-0.25, -0.2) is 0 Å². The molecule has 1 saturated heterocycles. The fourth-order valence-corrected chi connectivity index (χ4v) is 1.47. The van der Waals surface area contributed by atoms with Crippen LogP contribution in [0.3, 0.4) is 0 Å².